The van der Waals surface area contributed by atoms with Gasteiger partial charge in [-0.25, -0.2) is 0 Å². The molecule has 5 nitrogen and oxygen atoms in total. The second-order valence-corrected chi connectivity index (χ2v) is 4.90. The molecule has 0 unspecified atom stereocenters. The fourth-order valence-electron chi connectivity index (χ4n) is 2.21. The summed E-state index contributed by atoms with van der Waals surface area (Å²) in [5.41, 5.74) is 1.43. The van der Waals surface area contributed by atoms with E-state index in [1.54, 1.807) is 43.6 Å². The van der Waals surface area contributed by atoms with Crippen molar-refractivity contribution in [1.82, 2.24) is 4.98 Å². The third kappa shape index (κ3) is 3.58. The van der Waals surface area contributed by atoms with Gasteiger partial charge in [-0.15, -0.1) is 0 Å². The van der Waals surface area contributed by atoms with Gasteiger partial charge in [0.1, 0.15) is 17.0 Å². The Labute approximate surface area is 133 Å². The monoisotopic (exact) mass is 308 g/mol. The summed E-state index contributed by atoms with van der Waals surface area (Å²) < 4.78 is 10.7. The maximum atomic E-state index is 12.0. The highest BCUT2D eigenvalue weighted by atomic mass is 16.5. The Hall–Kier alpha value is -3.08. The largest absolute Gasteiger partial charge is 0.497 e. The molecular weight excluding hydrogens is 292 g/mol. The van der Waals surface area contributed by atoms with Crippen molar-refractivity contribution in [2.45, 2.75) is 0 Å². The Morgan fingerprint density at radius 2 is 1.87 bits per heavy atom. The van der Waals surface area contributed by atoms with Gasteiger partial charge >= 0.3 is 0 Å². The highest BCUT2D eigenvalue weighted by Gasteiger charge is 2.07. The van der Waals surface area contributed by atoms with Crippen molar-refractivity contribution in [2.24, 2.45) is 0 Å². The van der Waals surface area contributed by atoms with Gasteiger partial charge in [0, 0.05) is 17.3 Å². The van der Waals surface area contributed by atoms with E-state index in [9.17, 15) is 4.79 Å². The predicted molar refractivity (Wildman–Crippen MR) is 88.9 cm³/mol. The number of nitrogens with zero attached hydrogens (tertiary/aromatic N) is 1. The lowest BCUT2D eigenvalue weighted by Crippen LogP contribution is -2.20. The number of nitrogens with one attached hydrogen (secondary N) is 1. The minimum atomic E-state index is -0.233. The number of amides is 1. The molecule has 0 bridgehead atoms. The van der Waals surface area contributed by atoms with Gasteiger partial charge in [-0.3, -0.25) is 9.78 Å². The van der Waals surface area contributed by atoms with Crippen LogP contribution < -0.4 is 14.8 Å². The second kappa shape index (κ2) is 6.79. The number of fused-ring (bicyclic) bond motifs is 1. The van der Waals surface area contributed by atoms with Crippen LogP contribution in [0.15, 0.2) is 60.8 Å². The fourth-order valence-corrected chi connectivity index (χ4v) is 2.21. The number of carbonyl (C=O) groups excluding carboxylic acids is 1. The van der Waals surface area contributed by atoms with Crippen molar-refractivity contribution in [3.63, 3.8) is 0 Å². The Morgan fingerprint density at radius 1 is 1.09 bits per heavy atom. The highest BCUT2D eigenvalue weighted by Crippen LogP contribution is 2.23. The summed E-state index contributed by atoms with van der Waals surface area (Å²) in [5.74, 6) is 1.09. The van der Waals surface area contributed by atoms with Crippen LogP contribution in [-0.2, 0) is 4.79 Å². The van der Waals surface area contributed by atoms with Crippen LogP contribution in [0.3, 0.4) is 0 Å². The quantitative estimate of drug-likeness (QED) is 0.786. The van der Waals surface area contributed by atoms with Gasteiger partial charge in [0.15, 0.2) is 6.61 Å². The number of aromatic nitrogens is 1. The molecule has 0 aliphatic rings. The normalized spacial score (nSPS) is 10.3. The molecule has 1 heterocycles. The van der Waals surface area contributed by atoms with E-state index in [2.05, 4.69) is 10.3 Å². The number of rotatable bonds is 5. The summed E-state index contributed by atoms with van der Waals surface area (Å²) in [6, 6.07) is 16.6. The van der Waals surface area contributed by atoms with Gasteiger partial charge in [-0.05, 0) is 36.4 Å². The van der Waals surface area contributed by atoms with Crippen LogP contribution in [0.2, 0.25) is 0 Å². The summed E-state index contributed by atoms with van der Waals surface area (Å²) in [7, 11) is 1.60. The smallest absolute Gasteiger partial charge is 0.262 e. The second-order valence-electron chi connectivity index (χ2n) is 4.90. The summed E-state index contributed by atoms with van der Waals surface area (Å²) in [5, 5.41) is 3.74. The number of ether oxygens (including phenoxy) is 2. The zero-order valence-electron chi connectivity index (χ0n) is 12.7. The minimum Gasteiger partial charge on any atom is -0.497 e. The Balaban J connectivity index is 1.63. The van der Waals surface area contributed by atoms with Crippen molar-refractivity contribution in [2.75, 3.05) is 19.0 Å². The molecule has 0 fully saturated rings. The fraction of sp³-hybridized carbons (Fsp3) is 0.111. The Bertz CT molecular complexity index is 811. The molecule has 0 radical (unpaired) electrons. The van der Waals surface area contributed by atoms with Crippen LogP contribution in [0.25, 0.3) is 10.9 Å². The first-order chi connectivity index (χ1) is 11.3. The van der Waals surface area contributed by atoms with Crippen LogP contribution in [0.4, 0.5) is 5.69 Å². The third-order valence-electron chi connectivity index (χ3n) is 3.33. The molecule has 3 rings (SSSR count). The van der Waals surface area contributed by atoms with Crippen molar-refractivity contribution in [3.05, 3.63) is 60.8 Å². The number of benzene rings is 2. The first-order valence-electron chi connectivity index (χ1n) is 7.17. The molecule has 0 atom stereocenters. The maximum Gasteiger partial charge on any atom is 0.262 e. The zero-order chi connectivity index (χ0) is 16.1. The first kappa shape index (κ1) is 14.8. The average Bonchev–Trinajstić information content (AvgIpc) is 2.60. The maximum absolute atomic E-state index is 12.0. The van der Waals surface area contributed by atoms with Gasteiger partial charge in [-0.2, -0.15) is 0 Å². The Kier molecular flexibility index (Phi) is 4.38. The van der Waals surface area contributed by atoms with Gasteiger partial charge in [0.25, 0.3) is 5.91 Å². The number of carbonyl (C=O) groups is 1. The van der Waals surface area contributed by atoms with Gasteiger partial charge in [0.2, 0.25) is 0 Å². The SMILES string of the molecule is COc1ccc(NC(=O)COc2cccc3cccnc23)cc1. The number of pyridine rings is 1. The minimum absolute atomic E-state index is 0.0816. The summed E-state index contributed by atoms with van der Waals surface area (Å²) in [6.07, 6.45) is 1.70. The molecule has 1 amide bonds. The average molecular weight is 308 g/mol. The highest BCUT2D eigenvalue weighted by molar-refractivity contribution is 5.92. The molecule has 1 aromatic heterocycles. The van der Waals surface area contributed by atoms with Crippen molar-refractivity contribution in [3.8, 4) is 11.5 Å². The number of anilines is 1. The van der Waals surface area contributed by atoms with Crippen molar-refractivity contribution < 1.29 is 14.3 Å². The lowest BCUT2D eigenvalue weighted by Gasteiger charge is -2.09. The van der Waals surface area contributed by atoms with E-state index in [1.807, 2.05) is 24.3 Å². The Morgan fingerprint density at radius 3 is 2.65 bits per heavy atom. The van der Waals surface area contributed by atoms with Crippen LogP contribution in [0.5, 0.6) is 11.5 Å². The molecule has 116 valence electrons. The molecular formula is C18H16N2O3. The van der Waals surface area contributed by atoms with E-state index in [1.165, 1.54) is 0 Å². The number of para-hydroxylation sites is 1. The van der Waals surface area contributed by atoms with Crippen LogP contribution >= 0.6 is 0 Å². The number of hydrogen-bond acceptors (Lipinski definition) is 4. The number of hydrogen-bond donors (Lipinski definition) is 1. The molecule has 0 saturated heterocycles. The van der Waals surface area contributed by atoms with E-state index in [0.29, 0.717) is 11.4 Å². The summed E-state index contributed by atoms with van der Waals surface area (Å²) >= 11 is 0. The van der Waals surface area contributed by atoms with Crippen LogP contribution in [0, 0.1) is 0 Å². The predicted octanol–water partition coefficient (Wildman–Crippen LogP) is 3.26. The zero-order valence-corrected chi connectivity index (χ0v) is 12.7. The van der Waals surface area contributed by atoms with Crippen molar-refractivity contribution >= 4 is 22.5 Å². The topological polar surface area (TPSA) is 60.5 Å². The van der Waals surface area contributed by atoms with Crippen LogP contribution in [0.1, 0.15) is 0 Å². The van der Waals surface area contributed by atoms with E-state index in [0.717, 1.165) is 16.7 Å². The van der Waals surface area contributed by atoms with Gasteiger partial charge < -0.3 is 14.8 Å². The molecule has 0 saturated carbocycles. The molecule has 1 N–H and O–H groups in total. The van der Waals surface area contributed by atoms with E-state index in [-0.39, 0.29) is 12.5 Å². The molecule has 23 heavy (non-hydrogen) atoms. The molecule has 0 aliphatic carbocycles. The lowest BCUT2D eigenvalue weighted by molar-refractivity contribution is -0.118. The van der Waals surface area contributed by atoms with E-state index in [4.69, 9.17) is 9.47 Å². The lowest BCUT2D eigenvalue weighted by atomic mass is 10.2. The van der Waals surface area contributed by atoms with E-state index < -0.39 is 0 Å². The molecule has 2 aromatic carbocycles. The molecule has 5 heteroatoms. The molecule has 0 aliphatic heterocycles. The van der Waals surface area contributed by atoms with Crippen LogP contribution in [-0.4, -0.2) is 24.6 Å². The number of methoxy groups -OCH3 is 1. The third-order valence-corrected chi connectivity index (χ3v) is 3.33. The molecule has 0 spiro atoms. The van der Waals surface area contributed by atoms with Crippen molar-refractivity contribution in [1.29, 1.82) is 0 Å². The van der Waals surface area contributed by atoms with E-state index >= 15 is 0 Å². The van der Waals surface area contributed by atoms with Gasteiger partial charge in [-0.1, -0.05) is 18.2 Å². The molecule has 3 aromatic rings. The standard InChI is InChI=1S/C18H16N2O3/c1-22-15-9-7-14(8-10-15)20-17(21)12-23-16-6-2-4-13-5-3-11-19-18(13)16/h2-11H,12H2,1H3,(H,20,21). The summed E-state index contributed by atoms with van der Waals surface area (Å²) in [6.45, 7) is -0.0816. The summed E-state index contributed by atoms with van der Waals surface area (Å²) in [4.78, 5) is 16.3. The van der Waals surface area contributed by atoms with Gasteiger partial charge in [0.05, 0.1) is 7.11 Å². The first-order valence-corrected chi connectivity index (χ1v) is 7.17.